The van der Waals surface area contributed by atoms with Gasteiger partial charge < -0.3 is 9.84 Å². The van der Waals surface area contributed by atoms with Gasteiger partial charge in [0, 0.05) is 21.5 Å². The molecular formula is C19H19BrN2O3S2. The number of halogens is 1. The SMILES string of the molecule is Cc1cc(Br)cc(/C=N\NC(=O)COc2ccc(C3SCCS3)cc2)c1O. The molecule has 0 bridgehead atoms. The number of aromatic hydroxyl groups is 1. The Bertz CT molecular complexity index is 838. The number of benzene rings is 2. The second-order valence-electron chi connectivity index (χ2n) is 5.88. The van der Waals surface area contributed by atoms with E-state index in [9.17, 15) is 9.90 Å². The van der Waals surface area contributed by atoms with E-state index in [4.69, 9.17) is 4.74 Å². The van der Waals surface area contributed by atoms with Gasteiger partial charge in [-0.1, -0.05) is 28.1 Å². The summed E-state index contributed by atoms with van der Waals surface area (Å²) in [6, 6.07) is 11.4. The summed E-state index contributed by atoms with van der Waals surface area (Å²) in [5.74, 6) is 2.78. The van der Waals surface area contributed by atoms with E-state index in [0.717, 1.165) is 10.0 Å². The molecule has 3 rings (SSSR count). The molecule has 0 saturated carbocycles. The van der Waals surface area contributed by atoms with Crippen LogP contribution >= 0.6 is 39.5 Å². The minimum absolute atomic E-state index is 0.131. The number of ether oxygens (including phenoxy) is 1. The summed E-state index contributed by atoms with van der Waals surface area (Å²) in [6.45, 7) is 1.66. The average molecular weight is 467 g/mol. The molecule has 1 heterocycles. The lowest BCUT2D eigenvalue weighted by atomic mass is 10.1. The van der Waals surface area contributed by atoms with Crippen molar-refractivity contribution in [3.8, 4) is 11.5 Å². The molecular weight excluding hydrogens is 448 g/mol. The topological polar surface area (TPSA) is 70.9 Å². The van der Waals surface area contributed by atoms with Crippen LogP contribution in [-0.2, 0) is 4.79 Å². The zero-order chi connectivity index (χ0) is 19.2. The Morgan fingerprint density at radius 2 is 2.04 bits per heavy atom. The summed E-state index contributed by atoms with van der Waals surface area (Å²) >= 11 is 7.26. The Morgan fingerprint density at radius 1 is 1.33 bits per heavy atom. The summed E-state index contributed by atoms with van der Waals surface area (Å²) in [5.41, 5.74) is 4.90. The molecule has 5 nitrogen and oxygen atoms in total. The van der Waals surface area contributed by atoms with E-state index < -0.39 is 0 Å². The Morgan fingerprint density at radius 3 is 2.74 bits per heavy atom. The van der Waals surface area contributed by atoms with Gasteiger partial charge in [-0.15, -0.1) is 23.5 Å². The maximum absolute atomic E-state index is 11.9. The molecule has 0 atom stereocenters. The zero-order valence-corrected chi connectivity index (χ0v) is 17.9. The van der Waals surface area contributed by atoms with E-state index >= 15 is 0 Å². The molecule has 2 aromatic carbocycles. The van der Waals surface area contributed by atoms with E-state index in [1.807, 2.05) is 47.8 Å². The molecule has 0 radical (unpaired) electrons. The molecule has 1 aliphatic rings. The number of thioether (sulfide) groups is 2. The van der Waals surface area contributed by atoms with Gasteiger partial charge >= 0.3 is 0 Å². The average Bonchev–Trinajstić information content (AvgIpc) is 3.19. The van der Waals surface area contributed by atoms with Gasteiger partial charge in [-0.3, -0.25) is 4.79 Å². The van der Waals surface area contributed by atoms with Crippen LogP contribution in [0.2, 0.25) is 0 Å². The number of phenols is 1. The molecule has 0 unspecified atom stereocenters. The molecule has 142 valence electrons. The third-order valence-electron chi connectivity index (χ3n) is 3.83. The summed E-state index contributed by atoms with van der Waals surface area (Å²) in [5, 5.41) is 13.9. The van der Waals surface area contributed by atoms with E-state index in [1.54, 1.807) is 19.1 Å². The van der Waals surface area contributed by atoms with Crippen molar-refractivity contribution in [1.29, 1.82) is 0 Å². The number of amides is 1. The number of hydrogen-bond donors (Lipinski definition) is 2. The van der Waals surface area contributed by atoms with Crippen molar-refractivity contribution >= 4 is 51.6 Å². The standard InChI is InChI=1S/C19H19BrN2O3S2/c1-12-8-15(20)9-14(18(12)24)10-21-22-17(23)11-25-16-4-2-13(3-5-16)19-26-6-7-27-19/h2-5,8-10,19,24H,6-7,11H2,1H3,(H,22,23)/b21-10-. The molecule has 8 heteroatoms. The molecule has 27 heavy (non-hydrogen) atoms. The lowest BCUT2D eigenvalue weighted by Gasteiger charge is -2.10. The number of aryl methyl sites for hydroxylation is 1. The van der Waals surface area contributed by atoms with Crippen LogP contribution in [0.15, 0.2) is 46.0 Å². The first-order valence-corrected chi connectivity index (χ1v) is 11.2. The largest absolute Gasteiger partial charge is 0.507 e. The number of rotatable bonds is 6. The van der Waals surface area contributed by atoms with E-state index in [1.165, 1.54) is 23.3 Å². The smallest absolute Gasteiger partial charge is 0.277 e. The lowest BCUT2D eigenvalue weighted by molar-refractivity contribution is -0.123. The molecule has 0 spiro atoms. The fraction of sp³-hybridized carbons (Fsp3) is 0.263. The molecule has 1 fully saturated rings. The predicted octanol–water partition coefficient (Wildman–Crippen LogP) is 4.47. The highest BCUT2D eigenvalue weighted by Crippen LogP contribution is 2.45. The quantitative estimate of drug-likeness (QED) is 0.485. The summed E-state index contributed by atoms with van der Waals surface area (Å²) in [4.78, 5) is 11.9. The van der Waals surface area contributed by atoms with Gasteiger partial charge in [0.15, 0.2) is 6.61 Å². The van der Waals surface area contributed by atoms with Gasteiger partial charge in [-0.05, 0) is 42.3 Å². The monoisotopic (exact) mass is 466 g/mol. The zero-order valence-electron chi connectivity index (χ0n) is 14.6. The highest BCUT2D eigenvalue weighted by atomic mass is 79.9. The second-order valence-corrected chi connectivity index (χ2v) is 9.52. The third-order valence-corrected chi connectivity index (χ3v) is 7.39. The molecule has 2 N–H and O–H groups in total. The first kappa shape index (κ1) is 20.1. The lowest BCUT2D eigenvalue weighted by Crippen LogP contribution is -2.24. The van der Waals surface area contributed by atoms with Gasteiger partial charge in [0.25, 0.3) is 5.91 Å². The summed E-state index contributed by atoms with van der Waals surface area (Å²) < 4.78 is 6.81. The molecule has 1 aliphatic heterocycles. The van der Waals surface area contributed by atoms with Crippen LogP contribution in [0, 0.1) is 6.92 Å². The van der Waals surface area contributed by atoms with E-state index in [-0.39, 0.29) is 18.3 Å². The summed E-state index contributed by atoms with van der Waals surface area (Å²) in [6.07, 6.45) is 1.40. The van der Waals surface area contributed by atoms with E-state index in [2.05, 4.69) is 26.5 Å². The molecule has 1 saturated heterocycles. The van der Waals surface area contributed by atoms with Gasteiger partial charge in [-0.2, -0.15) is 5.10 Å². The fourth-order valence-corrected chi connectivity index (χ4v) is 5.94. The number of phenolic OH excluding ortho intramolecular Hbond substituents is 1. The highest BCUT2D eigenvalue weighted by molar-refractivity contribution is 9.10. The van der Waals surface area contributed by atoms with Crippen molar-refractivity contribution in [2.75, 3.05) is 18.1 Å². The number of carbonyl (C=O) groups excluding carboxylic acids is 1. The van der Waals surface area contributed by atoms with Crippen LogP contribution in [0.4, 0.5) is 0 Å². The van der Waals surface area contributed by atoms with Crippen LogP contribution in [-0.4, -0.2) is 35.3 Å². The van der Waals surface area contributed by atoms with Crippen LogP contribution in [0.1, 0.15) is 21.3 Å². The molecule has 2 aromatic rings. The van der Waals surface area contributed by atoms with Crippen LogP contribution in [0.5, 0.6) is 11.5 Å². The Balaban J connectivity index is 1.48. The van der Waals surface area contributed by atoms with Crippen molar-refractivity contribution < 1.29 is 14.6 Å². The van der Waals surface area contributed by atoms with Crippen molar-refractivity contribution in [2.24, 2.45) is 5.10 Å². The molecule has 1 amide bonds. The maximum Gasteiger partial charge on any atom is 0.277 e. The minimum Gasteiger partial charge on any atom is -0.507 e. The van der Waals surface area contributed by atoms with Gasteiger partial charge in [0.1, 0.15) is 11.5 Å². The number of nitrogens with one attached hydrogen (secondary N) is 1. The van der Waals surface area contributed by atoms with E-state index in [0.29, 0.717) is 15.9 Å². The Hall–Kier alpha value is -1.64. The number of hydrogen-bond acceptors (Lipinski definition) is 6. The van der Waals surface area contributed by atoms with Crippen LogP contribution in [0.3, 0.4) is 0 Å². The second kappa shape index (κ2) is 9.52. The Kier molecular flexibility index (Phi) is 7.09. The number of hydrazone groups is 1. The van der Waals surface area contributed by atoms with Gasteiger partial charge in [-0.25, -0.2) is 5.43 Å². The fourth-order valence-electron chi connectivity index (χ4n) is 2.49. The maximum atomic E-state index is 11.9. The molecule has 0 aliphatic carbocycles. The van der Waals surface area contributed by atoms with Crippen molar-refractivity contribution in [1.82, 2.24) is 5.43 Å². The number of carbonyl (C=O) groups is 1. The van der Waals surface area contributed by atoms with Crippen molar-refractivity contribution in [3.05, 3.63) is 57.6 Å². The first-order chi connectivity index (χ1) is 13.0. The van der Waals surface area contributed by atoms with Crippen LogP contribution in [0.25, 0.3) is 0 Å². The van der Waals surface area contributed by atoms with Crippen molar-refractivity contribution in [3.63, 3.8) is 0 Å². The van der Waals surface area contributed by atoms with Gasteiger partial charge in [0.05, 0.1) is 10.8 Å². The van der Waals surface area contributed by atoms with Gasteiger partial charge in [0.2, 0.25) is 0 Å². The molecule has 0 aromatic heterocycles. The summed E-state index contributed by atoms with van der Waals surface area (Å²) in [7, 11) is 0. The first-order valence-electron chi connectivity index (χ1n) is 8.30. The predicted molar refractivity (Wildman–Crippen MR) is 116 cm³/mol. The third kappa shape index (κ3) is 5.67. The van der Waals surface area contributed by atoms with Crippen molar-refractivity contribution in [2.45, 2.75) is 11.5 Å². The normalized spacial score (nSPS) is 14.6. The minimum atomic E-state index is -0.372. The number of nitrogens with zero attached hydrogens (tertiary/aromatic N) is 1. The van der Waals surface area contributed by atoms with Crippen LogP contribution < -0.4 is 10.2 Å². The Labute approximate surface area is 175 Å². The highest BCUT2D eigenvalue weighted by Gasteiger charge is 2.17.